The first-order valence-electron chi connectivity index (χ1n) is 9.20. The van der Waals surface area contributed by atoms with Crippen LogP contribution in [0.15, 0.2) is 64.8 Å². The molecule has 7 nitrogen and oxygen atoms in total. The molecule has 1 amide bonds. The number of nitrogens with zero attached hydrogens (tertiary/aromatic N) is 4. The number of aryl methyl sites for hydroxylation is 2. The van der Waals surface area contributed by atoms with Gasteiger partial charge in [0, 0.05) is 36.1 Å². The Hall–Kier alpha value is -3.87. The van der Waals surface area contributed by atoms with Gasteiger partial charge in [-0.25, -0.2) is 20.0 Å². The van der Waals surface area contributed by atoms with Crippen LogP contribution in [-0.2, 0) is 4.79 Å². The molecule has 144 valence electrons. The molecule has 0 bridgehead atoms. The summed E-state index contributed by atoms with van der Waals surface area (Å²) in [7, 11) is 0. The van der Waals surface area contributed by atoms with E-state index in [0.717, 1.165) is 22.3 Å². The maximum Gasteiger partial charge on any atom is 0.221 e. The smallest absolute Gasteiger partial charge is 0.221 e. The van der Waals surface area contributed by atoms with Crippen LogP contribution in [0.2, 0.25) is 0 Å². The Morgan fingerprint density at radius 1 is 0.931 bits per heavy atom. The van der Waals surface area contributed by atoms with Crippen molar-refractivity contribution in [1.82, 2.24) is 9.97 Å². The zero-order valence-corrected chi connectivity index (χ0v) is 16.4. The fourth-order valence-corrected chi connectivity index (χ4v) is 3.04. The zero-order chi connectivity index (χ0) is 20.4. The normalized spacial score (nSPS) is 13.8. The average Bonchev–Trinajstić information content (AvgIpc) is 2.98. The number of carbonyl (C=O) groups is 1. The number of aromatic nitrogens is 2. The van der Waals surface area contributed by atoms with Crippen LogP contribution in [0.25, 0.3) is 0 Å². The predicted molar refractivity (Wildman–Crippen MR) is 115 cm³/mol. The number of hydrogen-bond acceptors (Lipinski definition) is 5. The van der Waals surface area contributed by atoms with Crippen molar-refractivity contribution in [2.24, 2.45) is 9.98 Å². The molecule has 1 aliphatic rings. The summed E-state index contributed by atoms with van der Waals surface area (Å²) in [6, 6.07) is 13.3. The monoisotopic (exact) mass is 384 g/mol. The molecule has 2 aromatic heterocycles. The van der Waals surface area contributed by atoms with Gasteiger partial charge in [-0.2, -0.15) is 0 Å². The van der Waals surface area contributed by atoms with Gasteiger partial charge in [0.25, 0.3) is 0 Å². The van der Waals surface area contributed by atoms with Crippen molar-refractivity contribution in [3.8, 4) is 0 Å². The Morgan fingerprint density at radius 2 is 1.69 bits per heavy atom. The van der Waals surface area contributed by atoms with E-state index in [4.69, 9.17) is 0 Å². The summed E-state index contributed by atoms with van der Waals surface area (Å²) < 4.78 is 0. The van der Waals surface area contributed by atoms with Crippen molar-refractivity contribution >= 4 is 34.9 Å². The molecule has 3 aromatic rings. The Bertz CT molecular complexity index is 1170. The van der Waals surface area contributed by atoms with E-state index in [1.54, 1.807) is 12.4 Å². The van der Waals surface area contributed by atoms with E-state index in [9.17, 15) is 4.79 Å². The minimum atomic E-state index is -0.134. The molecule has 0 atom stereocenters. The molecule has 0 saturated heterocycles. The SMILES string of the molecule is CC(=O)Nc1ccc2c(c1)C(=Nc1cc(C)ccn1)N=C2Nc1cc(C)ccn1. The summed E-state index contributed by atoms with van der Waals surface area (Å²) in [6.07, 6.45) is 3.47. The van der Waals surface area contributed by atoms with Gasteiger partial charge in [0.2, 0.25) is 5.91 Å². The minimum Gasteiger partial charge on any atom is -0.326 e. The molecular formula is C22H20N6O. The van der Waals surface area contributed by atoms with E-state index in [2.05, 4.69) is 30.6 Å². The van der Waals surface area contributed by atoms with Crippen LogP contribution < -0.4 is 10.6 Å². The highest BCUT2D eigenvalue weighted by Crippen LogP contribution is 2.26. The predicted octanol–water partition coefficient (Wildman–Crippen LogP) is 4.00. The molecule has 0 unspecified atom stereocenters. The molecule has 29 heavy (non-hydrogen) atoms. The van der Waals surface area contributed by atoms with E-state index in [-0.39, 0.29) is 5.91 Å². The molecular weight excluding hydrogens is 364 g/mol. The van der Waals surface area contributed by atoms with E-state index in [0.29, 0.717) is 29.0 Å². The van der Waals surface area contributed by atoms with Crippen LogP contribution >= 0.6 is 0 Å². The average molecular weight is 384 g/mol. The number of aliphatic imine (C=N–C) groups is 2. The molecule has 1 aliphatic heterocycles. The van der Waals surface area contributed by atoms with Crippen LogP contribution in [0.1, 0.15) is 29.2 Å². The highest BCUT2D eigenvalue weighted by Gasteiger charge is 2.23. The van der Waals surface area contributed by atoms with Gasteiger partial charge in [-0.05, 0) is 67.4 Å². The summed E-state index contributed by atoms with van der Waals surface area (Å²) in [4.78, 5) is 29.4. The Morgan fingerprint density at radius 3 is 2.41 bits per heavy atom. The number of pyridine rings is 2. The fraction of sp³-hybridized carbons (Fsp3) is 0.136. The summed E-state index contributed by atoms with van der Waals surface area (Å²) >= 11 is 0. The lowest BCUT2D eigenvalue weighted by Crippen LogP contribution is -2.13. The van der Waals surface area contributed by atoms with Gasteiger partial charge in [-0.1, -0.05) is 0 Å². The second kappa shape index (κ2) is 7.63. The van der Waals surface area contributed by atoms with Gasteiger partial charge >= 0.3 is 0 Å². The van der Waals surface area contributed by atoms with Crippen LogP contribution in [0.5, 0.6) is 0 Å². The number of benzene rings is 1. The number of nitrogens with one attached hydrogen (secondary N) is 2. The molecule has 3 heterocycles. The van der Waals surface area contributed by atoms with Crippen LogP contribution in [0.4, 0.5) is 17.3 Å². The fourth-order valence-electron chi connectivity index (χ4n) is 3.04. The van der Waals surface area contributed by atoms with Crippen molar-refractivity contribution in [2.75, 3.05) is 10.6 Å². The number of hydrogen-bond donors (Lipinski definition) is 2. The largest absolute Gasteiger partial charge is 0.326 e. The number of amides is 1. The quantitative estimate of drug-likeness (QED) is 0.714. The van der Waals surface area contributed by atoms with Gasteiger partial charge in [0.05, 0.1) is 0 Å². The van der Waals surface area contributed by atoms with Crippen LogP contribution in [-0.4, -0.2) is 27.5 Å². The summed E-state index contributed by atoms with van der Waals surface area (Å²) in [5, 5.41) is 6.08. The molecule has 0 radical (unpaired) electrons. The lowest BCUT2D eigenvalue weighted by molar-refractivity contribution is -0.114. The number of rotatable bonds is 3. The van der Waals surface area contributed by atoms with Gasteiger partial charge < -0.3 is 10.6 Å². The van der Waals surface area contributed by atoms with Gasteiger partial charge in [0.15, 0.2) is 11.7 Å². The Kier molecular flexibility index (Phi) is 4.87. The highest BCUT2D eigenvalue weighted by molar-refractivity contribution is 6.26. The van der Waals surface area contributed by atoms with Gasteiger partial charge in [0.1, 0.15) is 11.7 Å². The lowest BCUT2D eigenvalue weighted by atomic mass is 10.1. The molecule has 0 spiro atoms. The first kappa shape index (κ1) is 18.5. The summed E-state index contributed by atoms with van der Waals surface area (Å²) in [6.45, 7) is 5.47. The molecule has 2 N–H and O–H groups in total. The lowest BCUT2D eigenvalue weighted by Gasteiger charge is -2.08. The molecule has 1 aromatic carbocycles. The standard InChI is InChI=1S/C22H20N6O/c1-13-6-8-23-19(10-13)26-21-17-5-4-16(25-15(3)29)12-18(17)22(28-21)27-20-11-14(2)7-9-24-20/h4-12H,1-3H3,(H,25,29)(H,23,24,26,27,28). The third-order valence-corrected chi connectivity index (χ3v) is 4.34. The third-order valence-electron chi connectivity index (χ3n) is 4.34. The maximum atomic E-state index is 11.5. The van der Waals surface area contributed by atoms with Gasteiger partial charge in [-0.15, -0.1) is 0 Å². The molecule has 0 fully saturated rings. The van der Waals surface area contributed by atoms with Crippen molar-refractivity contribution in [3.05, 3.63) is 77.1 Å². The Balaban J connectivity index is 1.77. The molecule has 7 heteroatoms. The summed E-state index contributed by atoms with van der Waals surface area (Å²) in [5.74, 6) is 2.33. The molecule has 4 rings (SSSR count). The topological polar surface area (TPSA) is 91.6 Å². The second-order valence-electron chi connectivity index (χ2n) is 6.87. The molecule has 0 aliphatic carbocycles. The van der Waals surface area contributed by atoms with Crippen molar-refractivity contribution in [3.63, 3.8) is 0 Å². The van der Waals surface area contributed by atoms with E-state index < -0.39 is 0 Å². The Labute approximate surface area is 168 Å². The summed E-state index contributed by atoms with van der Waals surface area (Å²) in [5.41, 5.74) is 4.55. The van der Waals surface area contributed by atoms with Crippen LogP contribution in [0.3, 0.4) is 0 Å². The molecule has 0 saturated carbocycles. The first-order valence-corrected chi connectivity index (χ1v) is 9.20. The number of carbonyl (C=O) groups excluding carboxylic acids is 1. The number of amidine groups is 2. The van der Waals surface area contributed by atoms with E-state index >= 15 is 0 Å². The maximum absolute atomic E-state index is 11.5. The second-order valence-corrected chi connectivity index (χ2v) is 6.87. The van der Waals surface area contributed by atoms with Crippen molar-refractivity contribution in [1.29, 1.82) is 0 Å². The third kappa shape index (κ3) is 4.19. The first-order chi connectivity index (χ1) is 14.0. The number of anilines is 2. The van der Waals surface area contributed by atoms with Crippen molar-refractivity contribution in [2.45, 2.75) is 20.8 Å². The van der Waals surface area contributed by atoms with Crippen LogP contribution in [0, 0.1) is 13.8 Å². The van der Waals surface area contributed by atoms with Gasteiger partial charge in [-0.3, -0.25) is 4.79 Å². The minimum absolute atomic E-state index is 0.134. The number of fused-ring (bicyclic) bond motifs is 1. The highest BCUT2D eigenvalue weighted by atomic mass is 16.1. The van der Waals surface area contributed by atoms with E-state index in [1.807, 2.05) is 56.3 Å². The van der Waals surface area contributed by atoms with Crippen molar-refractivity contribution < 1.29 is 4.79 Å². The zero-order valence-electron chi connectivity index (χ0n) is 16.4. The van der Waals surface area contributed by atoms with E-state index in [1.165, 1.54) is 6.92 Å².